The van der Waals surface area contributed by atoms with Crippen molar-refractivity contribution in [2.75, 3.05) is 18.8 Å². The first-order valence-corrected chi connectivity index (χ1v) is 6.46. The van der Waals surface area contributed by atoms with Crippen LogP contribution in [0.5, 0.6) is 0 Å². The van der Waals surface area contributed by atoms with Crippen molar-refractivity contribution in [2.24, 2.45) is 5.92 Å². The average molecular weight is 225 g/mol. The molecule has 1 fully saturated rings. The molecule has 1 aromatic heterocycles. The van der Waals surface area contributed by atoms with Gasteiger partial charge in [0.15, 0.2) is 0 Å². The molecule has 0 amide bonds. The summed E-state index contributed by atoms with van der Waals surface area (Å²) in [5.41, 5.74) is 0.873. The Morgan fingerprint density at radius 3 is 3.20 bits per heavy atom. The molecule has 1 aromatic rings. The predicted molar refractivity (Wildman–Crippen MR) is 59.0 cm³/mol. The van der Waals surface area contributed by atoms with Gasteiger partial charge in [0.2, 0.25) is 5.16 Å². The predicted octanol–water partition coefficient (Wildman–Crippen LogP) is 0.502. The third-order valence-corrected chi connectivity index (χ3v) is 3.90. The van der Waals surface area contributed by atoms with E-state index in [-0.39, 0.29) is 0 Å². The molecule has 0 aliphatic carbocycles. The fraction of sp³-hybridized carbons (Fsp3) is 0.600. The van der Waals surface area contributed by atoms with Gasteiger partial charge in [0.05, 0.1) is 10.8 Å². The van der Waals surface area contributed by atoms with Crippen molar-refractivity contribution in [3.05, 3.63) is 18.0 Å². The molecule has 5 heteroatoms. The second kappa shape index (κ2) is 4.81. The van der Waals surface area contributed by atoms with Gasteiger partial charge in [0.1, 0.15) is 0 Å². The van der Waals surface area contributed by atoms with Crippen LogP contribution in [0.3, 0.4) is 0 Å². The third kappa shape index (κ3) is 2.82. The number of hydrogen-bond acceptors (Lipinski definition) is 4. The van der Waals surface area contributed by atoms with Crippen LogP contribution in [0.25, 0.3) is 0 Å². The lowest BCUT2D eigenvalue weighted by Crippen LogP contribution is -2.16. The van der Waals surface area contributed by atoms with Crippen molar-refractivity contribution in [2.45, 2.75) is 18.5 Å². The van der Waals surface area contributed by atoms with E-state index in [0.29, 0.717) is 16.8 Å². The van der Waals surface area contributed by atoms with Gasteiger partial charge in [-0.3, -0.25) is 4.21 Å². The molecule has 0 spiro atoms. The first-order chi connectivity index (χ1) is 7.25. The van der Waals surface area contributed by atoms with Crippen LogP contribution in [0, 0.1) is 12.8 Å². The zero-order chi connectivity index (χ0) is 10.7. The Kier molecular flexibility index (Phi) is 3.43. The van der Waals surface area contributed by atoms with Crippen LogP contribution < -0.4 is 5.32 Å². The Morgan fingerprint density at radius 2 is 2.53 bits per heavy atom. The number of nitrogens with zero attached hydrogens (tertiary/aromatic N) is 2. The fourth-order valence-corrected chi connectivity index (χ4v) is 2.97. The summed E-state index contributed by atoms with van der Waals surface area (Å²) in [6.07, 6.45) is 2.78. The smallest absolute Gasteiger partial charge is 0.218 e. The number of aromatic nitrogens is 2. The van der Waals surface area contributed by atoms with Crippen molar-refractivity contribution in [3.63, 3.8) is 0 Å². The highest BCUT2D eigenvalue weighted by Gasteiger charge is 2.19. The van der Waals surface area contributed by atoms with Gasteiger partial charge in [-0.1, -0.05) is 0 Å². The maximum absolute atomic E-state index is 11.9. The highest BCUT2D eigenvalue weighted by atomic mass is 32.2. The minimum Gasteiger partial charge on any atom is -0.316 e. The summed E-state index contributed by atoms with van der Waals surface area (Å²) in [6, 6.07) is 1.82. The van der Waals surface area contributed by atoms with E-state index in [1.807, 2.05) is 13.0 Å². The van der Waals surface area contributed by atoms with E-state index < -0.39 is 10.8 Å². The van der Waals surface area contributed by atoms with Gasteiger partial charge >= 0.3 is 0 Å². The van der Waals surface area contributed by atoms with Gasteiger partial charge in [-0.2, -0.15) is 0 Å². The van der Waals surface area contributed by atoms with Crippen molar-refractivity contribution >= 4 is 10.8 Å². The number of nitrogens with one attached hydrogen (secondary N) is 1. The van der Waals surface area contributed by atoms with Gasteiger partial charge in [0, 0.05) is 17.6 Å². The van der Waals surface area contributed by atoms with E-state index >= 15 is 0 Å². The summed E-state index contributed by atoms with van der Waals surface area (Å²) >= 11 is 0. The Hall–Kier alpha value is -0.810. The molecule has 2 rings (SSSR count). The molecule has 1 aliphatic heterocycles. The highest BCUT2D eigenvalue weighted by Crippen LogP contribution is 2.12. The number of rotatable bonds is 3. The van der Waals surface area contributed by atoms with E-state index in [1.165, 1.54) is 0 Å². The van der Waals surface area contributed by atoms with Gasteiger partial charge in [-0.15, -0.1) is 0 Å². The molecule has 1 N–H and O–H groups in total. The first-order valence-electron chi connectivity index (χ1n) is 5.14. The van der Waals surface area contributed by atoms with Crippen molar-refractivity contribution in [1.82, 2.24) is 15.3 Å². The number of aryl methyl sites for hydroxylation is 1. The molecule has 0 bridgehead atoms. The van der Waals surface area contributed by atoms with Crippen LogP contribution in [0.1, 0.15) is 12.1 Å². The van der Waals surface area contributed by atoms with Crippen LogP contribution in [-0.4, -0.2) is 33.0 Å². The average Bonchev–Trinajstić information content (AvgIpc) is 2.70. The van der Waals surface area contributed by atoms with E-state index in [2.05, 4.69) is 15.3 Å². The lowest BCUT2D eigenvalue weighted by atomic mass is 10.2. The topological polar surface area (TPSA) is 54.9 Å². The molecule has 2 heterocycles. The fourth-order valence-electron chi connectivity index (χ4n) is 1.68. The van der Waals surface area contributed by atoms with Crippen LogP contribution >= 0.6 is 0 Å². The van der Waals surface area contributed by atoms with E-state index in [0.717, 1.165) is 25.2 Å². The molecule has 1 saturated heterocycles. The van der Waals surface area contributed by atoms with Gasteiger partial charge < -0.3 is 5.32 Å². The van der Waals surface area contributed by atoms with Crippen LogP contribution in [0.15, 0.2) is 17.4 Å². The van der Waals surface area contributed by atoms with E-state index in [1.54, 1.807) is 6.20 Å². The zero-order valence-corrected chi connectivity index (χ0v) is 9.59. The molecule has 2 atom stereocenters. The molecule has 15 heavy (non-hydrogen) atoms. The molecule has 0 saturated carbocycles. The number of hydrogen-bond donors (Lipinski definition) is 1. The zero-order valence-electron chi connectivity index (χ0n) is 8.77. The largest absolute Gasteiger partial charge is 0.316 e. The normalized spacial score (nSPS) is 22.9. The Morgan fingerprint density at radius 1 is 1.67 bits per heavy atom. The maximum atomic E-state index is 11.9. The summed E-state index contributed by atoms with van der Waals surface area (Å²) in [5.74, 6) is 1.19. The molecule has 0 aromatic carbocycles. The molecule has 82 valence electrons. The summed E-state index contributed by atoms with van der Waals surface area (Å²) < 4.78 is 11.9. The summed E-state index contributed by atoms with van der Waals surface area (Å²) in [7, 11) is -1.05. The minimum atomic E-state index is -1.05. The summed E-state index contributed by atoms with van der Waals surface area (Å²) in [4.78, 5) is 8.23. The van der Waals surface area contributed by atoms with Gasteiger partial charge in [0.25, 0.3) is 0 Å². The van der Waals surface area contributed by atoms with E-state index in [9.17, 15) is 4.21 Å². The lowest BCUT2D eigenvalue weighted by molar-refractivity contribution is 0.627. The third-order valence-electron chi connectivity index (χ3n) is 2.53. The Labute approximate surface area is 92.0 Å². The maximum Gasteiger partial charge on any atom is 0.218 e. The Balaban J connectivity index is 2.01. The van der Waals surface area contributed by atoms with Gasteiger partial charge in [-0.05, 0) is 38.4 Å². The van der Waals surface area contributed by atoms with Crippen molar-refractivity contribution in [1.29, 1.82) is 0 Å². The van der Waals surface area contributed by atoms with Crippen molar-refractivity contribution < 1.29 is 4.21 Å². The lowest BCUT2D eigenvalue weighted by Gasteiger charge is -2.06. The molecule has 0 radical (unpaired) electrons. The van der Waals surface area contributed by atoms with Crippen LogP contribution in [0.4, 0.5) is 0 Å². The molecule has 4 nitrogen and oxygen atoms in total. The summed E-state index contributed by atoms with van der Waals surface area (Å²) in [5, 5.41) is 3.74. The highest BCUT2D eigenvalue weighted by molar-refractivity contribution is 7.84. The van der Waals surface area contributed by atoms with Crippen molar-refractivity contribution in [3.8, 4) is 0 Å². The molecule has 1 aliphatic rings. The minimum absolute atomic E-state index is 0.474. The second-order valence-electron chi connectivity index (χ2n) is 3.85. The molecular formula is C10H15N3OS. The standard InChI is InChI=1S/C10H15N3OS/c1-8-2-5-12-10(13-8)15(14)7-9-3-4-11-6-9/h2,5,9,11H,3-4,6-7H2,1H3/t9-,15-/m0/s1. The van der Waals surface area contributed by atoms with Crippen LogP contribution in [0.2, 0.25) is 0 Å². The Bertz CT molecular complexity index is 363. The monoisotopic (exact) mass is 225 g/mol. The van der Waals surface area contributed by atoms with Gasteiger partial charge in [-0.25, -0.2) is 9.97 Å². The molecular weight excluding hydrogens is 210 g/mol. The summed E-state index contributed by atoms with van der Waals surface area (Å²) in [6.45, 7) is 3.90. The first kappa shape index (κ1) is 10.7. The van der Waals surface area contributed by atoms with Crippen LogP contribution in [-0.2, 0) is 10.8 Å². The molecule has 0 unspecified atom stereocenters. The second-order valence-corrected chi connectivity index (χ2v) is 5.24. The van der Waals surface area contributed by atoms with E-state index in [4.69, 9.17) is 0 Å². The quantitative estimate of drug-likeness (QED) is 0.761. The SMILES string of the molecule is Cc1ccnc([S@@](=O)C[C@H]2CCNC2)n1.